The molecular weight excluding hydrogens is 520 g/mol. The molecule has 6 rings (SSSR count). The molecule has 0 amide bonds. The third kappa shape index (κ3) is 4.19. The summed E-state index contributed by atoms with van der Waals surface area (Å²) >= 11 is 0. The summed E-state index contributed by atoms with van der Waals surface area (Å²) in [6, 6.07) is 34.6. The van der Waals surface area contributed by atoms with E-state index in [1.54, 1.807) is 0 Å². The molecular formula is C38H38O4. The van der Waals surface area contributed by atoms with Crippen LogP contribution in [-0.4, -0.2) is 25.2 Å². The summed E-state index contributed by atoms with van der Waals surface area (Å²) in [5.41, 5.74) is 8.79. The molecule has 42 heavy (non-hydrogen) atoms. The van der Waals surface area contributed by atoms with E-state index in [2.05, 4.69) is 104 Å². The van der Waals surface area contributed by atoms with Gasteiger partial charge in [-0.15, -0.1) is 0 Å². The number of ether oxygens (including phenoxy) is 2. The van der Waals surface area contributed by atoms with Gasteiger partial charge in [0.15, 0.2) is 0 Å². The van der Waals surface area contributed by atoms with Crippen LogP contribution in [0.15, 0.2) is 97.1 Å². The number of fused-ring (bicyclic) bond motifs is 6. The van der Waals surface area contributed by atoms with E-state index in [4.69, 9.17) is 9.47 Å². The number of hydrogen-bond donors (Lipinski definition) is 0. The Balaban J connectivity index is 1.63. The molecule has 2 aliphatic rings. The second-order valence-corrected chi connectivity index (χ2v) is 11.5. The average molecular weight is 559 g/mol. The lowest BCUT2D eigenvalue weighted by Gasteiger charge is -2.49. The van der Waals surface area contributed by atoms with Gasteiger partial charge in [0.1, 0.15) is 0 Å². The lowest BCUT2D eigenvalue weighted by atomic mass is 9.53. The van der Waals surface area contributed by atoms with Crippen LogP contribution in [0, 0.1) is 5.92 Å². The first-order valence-corrected chi connectivity index (χ1v) is 15.2. The Morgan fingerprint density at radius 3 is 1.12 bits per heavy atom. The van der Waals surface area contributed by atoms with Gasteiger partial charge in [-0.3, -0.25) is 9.59 Å². The van der Waals surface area contributed by atoms with E-state index < -0.39 is 10.8 Å². The average Bonchev–Trinajstić information content (AvgIpc) is 3.48. The summed E-state index contributed by atoms with van der Waals surface area (Å²) in [6.07, 6.45) is 1.81. The molecule has 0 atom stereocenters. The second kappa shape index (κ2) is 11.2. The molecule has 4 nitrogen and oxygen atoms in total. The maximum Gasteiger partial charge on any atom is 0.305 e. The van der Waals surface area contributed by atoms with Gasteiger partial charge in [-0.1, -0.05) is 104 Å². The van der Waals surface area contributed by atoms with Crippen molar-refractivity contribution in [3.63, 3.8) is 0 Å². The number of esters is 2. The molecule has 0 fully saturated rings. The van der Waals surface area contributed by atoms with E-state index in [1.165, 1.54) is 44.5 Å². The molecule has 0 bridgehead atoms. The van der Waals surface area contributed by atoms with E-state index in [9.17, 15) is 9.59 Å². The van der Waals surface area contributed by atoms with Gasteiger partial charge in [-0.05, 0) is 77.1 Å². The van der Waals surface area contributed by atoms with Crippen LogP contribution in [-0.2, 0) is 29.9 Å². The Labute approximate surface area is 248 Å². The van der Waals surface area contributed by atoms with E-state index in [-0.39, 0.29) is 17.9 Å². The third-order valence-corrected chi connectivity index (χ3v) is 9.75. The van der Waals surface area contributed by atoms with Crippen molar-refractivity contribution in [1.29, 1.82) is 0 Å². The molecule has 4 aromatic rings. The maximum atomic E-state index is 13.0. The Kier molecular flexibility index (Phi) is 7.49. The predicted octanol–water partition coefficient (Wildman–Crippen LogP) is 8.24. The quantitative estimate of drug-likeness (QED) is 0.184. The van der Waals surface area contributed by atoms with Gasteiger partial charge in [0.25, 0.3) is 0 Å². The van der Waals surface area contributed by atoms with Gasteiger partial charge >= 0.3 is 11.9 Å². The Morgan fingerprint density at radius 1 is 0.548 bits per heavy atom. The predicted molar refractivity (Wildman–Crippen MR) is 166 cm³/mol. The minimum atomic E-state index is -0.501. The first-order valence-electron chi connectivity index (χ1n) is 15.2. The largest absolute Gasteiger partial charge is 0.466 e. The van der Waals surface area contributed by atoms with Crippen molar-refractivity contribution < 1.29 is 19.1 Å². The molecule has 0 spiro atoms. The topological polar surface area (TPSA) is 52.6 Å². The number of benzene rings is 4. The molecule has 0 saturated carbocycles. The van der Waals surface area contributed by atoms with Crippen LogP contribution in [0.25, 0.3) is 22.3 Å². The number of carbonyl (C=O) groups is 2. The first kappa shape index (κ1) is 28.0. The van der Waals surface area contributed by atoms with Crippen molar-refractivity contribution in [2.75, 3.05) is 13.2 Å². The monoisotopic (exact) mass is 558 g/mol. The molecule has 2 aliphatic carbocycles. The lowest BCUT2D eigenvalue weighted by Crippen LogP contribution is -2.47. The summed E-state index contributed by atoms with van der Waals surface area (Å²) in [4.78, 5) is 26.0. The number of carbonyl (C=O) groups excluding carboxylic acids is 2. The molecule has 0 heterocycles. The second-order valence-electron chi connectivity index (χ2n) is 11.5. The number of hydrogen-bond acceptors (Lipinski definition) is 4. The standard InChI is InChI=1S/C38H38O4/c1-4-41-35(39)22-24-37(31-18-10-6-14-27(31)28-15-7-11-19-32(28)37)26(3)38(25-23-36(40)42-5-2)33-20-12-8-16-29(33)30-17-9-13-21-34(30)38/h6-21,26H,4-5,22-25H2,1-3H3. The van der Waals surface area contributed by atoms with E-state index in [0.717, 1.165) is 0 Å². The van der Waals surface area contributed by atoms with Crippen LogP contribution >= 0.6 is 0 Å². The molecule has 0 aromatic heterocycles. The molecule has 214 valence electrons. The van der Waals surface area contributed by atoms with Crippen LogP contribution in [0.5, 0.6) is 0 Å². The lowest BCUT2D eigenvalue weighted by molar-refractivity contribution is -0.144. The highest BCUT2D eigenvalue weighted by molar-refractivity contribution is 5.85. The van der Waals surface area contributed by atoms with Gasteiger partial charge in [0.2, 0.25) is 0 Å². The van der Waals surface area contributed by atoms with Gasteiger partial charge in [-0.2, -0.15) is 0 Å². The minimum absolute atomic E-state index is 0.0246. The minimum Gasteiger partial charge on any atom is -0.466 e. The normalized spacial score (nSPS) is 15.0. The number of rotatable bonds is 10. The summed E-state index contributed by atoms with van der Waals surface area (Å²) in [7, 11) is 0. The van der Waals surface area contributed by atoms with Crippen molar-refractivity contribution in [2.45, 2.75) is 57.3 Å². The van der Waals surface area contributed by atoms with E-state index in [1.807, 2.05) is 13.8 Å². The van der Waals surface area contributed by atoms with Crippen molar-refractivity contribution >= 4 is 11.9 Å². The van der Waals surface area contributed by atoms with Crippen molar-refractivity contribution in [2.24, 2.45) is 5.92 Å². The molecule has 0 aliphatic heterocycles. The summed E-state index contributed by atoms with van der Waals surface area (Å²) in [6.45, 7) is 6.77. The molecule has 0 unspecified atom stereocenters. The van der Waals surface area contributed by atoms with Crippen LogP contribution in [0.3, 0.4) is 0 Å². The zero-order chi connectivity index (χ0) is 29.3. The molecule has 0 saturated heterocycles. The fourth-order valence-electron chi connectivity index (χ4n) is 8.11. The van der Waals surface area contributed by atoms with Crippen LogP contribution in [0.1, 0.15) is 68.7 Å². The fourth-order valence-corrected chi connectivity index (χ4v) is 8.11. The molecule has 0 N–H and O–H groups in total. The Hall–Kier alpha value is -4.18. The highest BCUT2D eigenvalue weighted by Crippen LogP contribution is 2.64. The summed E-state index contributed by atoms with van der Waals surface area (Å²) in [5, 5.41) is 0. The van der Waals surface area contributed by atoms with Gasteiger partial charge in [0, 0.05) is 23.7 Å². The summed E-state index contributed by atoms with van der Waals surface area (Å²) in [5.74, 6) is -0.388. The smallest absolute Gasteiger partial charge is 0.305 e. The SMILES string of the molecule is CCOC(=O)CCC1(C(C)C2(CCC(=O)OCC)c3ccccc3-c3ccccc32)c2ccccc2-c2ccccc21. The van der Waals surface area contributed by atoms with Crippen LogP contribution in [0.4, 0.5) is 0 Å². The van der Waals surface area contributed by atoms with Gasteiger partial charge in [0.05, 0.1) is 13.2 Å². The van der Waals surface area contributed by atoms with Gasteiger partial charge < -0.3 is 9.47 Å². The Bertz CT molecular complexity index is 1420. The van der Waals surface area contributed by atoms with E-state index >= 15 is 0 Å². The zero-order valence-electron chi connectivity index (χ0n) is 24.7. The van der Waals surface area contributed by atoms with Crippen molar-refractivity contribution in [3.05, 3.63) is 119 Å². The highest BCUT2D eigenvalue weighted by atomic mass is 16.5. The fraction of sp³-hybridized carbons (Fsp3) is 0.316. The third-order valence-electron chi connectivity index (χ3n) is 9.75. The molecule has 4 heteroatoms. The Morgan fingerprint density at radius 2 is 0.833 bits per heavy atom. The zero-order valence-corrected chi connectivity index (χ0v) is 24.7. The van der Waals surface area contributed by atoms with Crippen molar-refractivity contribution in [1.82, 2.24) is 0 Å². The maximum absolute atomic E-state index is 13.0. The van der Waals surface area contributed by atoms with E-state index in [0.29, 0.717) is 38.9 Å². The molecule has 4 aromatic carbocycles. The highest BCUT2D eigenvalue weighted by Gasteiger charge is 2.57. The first-order chi connectivity index (χ1) is 20.5. The summed E-state index contributed by atoms with van der Waals surface area (Å²) < 4.78 is 10.9. The van der Waals surface area contributed by atoms with Crippen LogP contribution < -0.4 is 0 Å². The van der Waals surface area contributed by atoms with Crippen LogP contribution in [0.2, 0.25) is 0 Å². The van der Waals surface area contributed by atoms with Gasteiger partial charge in [-0.25, -0.2) is 0 Å². The van der Waals surface area contributed by atoms with Crippen molar-refractivity contribution in [3.8, 4) is 22.3 Å². The molecule has 0 radical (unpaired) electrons.